The number of benzene rings is 2. The normalized spacial score (nSPS) is 15.5. The Hall–Kier alpha value is -2.35. The summed E-state index contributed by atoms with van der Waals surface area (Å²) in [6.07, 6.45) is 9.31. The van der Waals surface area contributed by atoms with Gasteiger partial charge >= 0.3 is 0 Å². The van der Waals surface area contributed by atoms with E-state index in [4.69, 9.17) is 4.99 Å². The molecule has 0 amide bonds. The van der Waals surface area contributed by atoms with Crippen LogP contribution in [0.15, 0.2) is 85.4 Å². The molecule has 1 aliphatic heterocycles. The van der Waals surface area contributed by atoms with Gasteiger partial charge < -0.3 is 10.4 Å². The molecule has 2 aromatic rings. The van der Waals surface area contributed by atoms with Crippen molar-refractivity contribution in [2.45, 2.75) is 78.3 Å². The first-order valence-electron chi connectivity index (χ1n) is 14.3. The number of phenols is 1. The minimum Gasteiger partial charge on any atom is -0.507 e. The van der Waals surface area contributed by atoms with E-state index < -0.39 is 0 Å². The molecule has 2 N–H and O–H groups in total. The molecule has 0 atom stereocenters. The Balaban J connectivity index is 0.00000150. The lowest BCUT2D eigenvalue weighted by Crippen LogP contribution is -2.41. The summed E-state index contributed by atoms with van der Waals surface area (Å²) in [5.74, 6) is 0.210. The van der Waals surface area contributed by atoms with Crippen LogP contribution in [-0.2, 0) is 6.54 Å². The van der Waals surface area contributed by atoms with Crippen LogP contribution in [0.25, 0.3) is 0 Å². The molecule has 1 aliphatic rings. The van der Waals surface area contributed by atoms with Gasteiger partial charge in [0.15, 0.2) is 0 Å². The second-order valence-corrected chi connectivity index (χ2v) is 11.1. The van der Waals surface area contributed by atoms with E-state index in [0.717, 1.165) is 48.4 Å². The molecule has 0 unspecified atom stereocenters. The van der Waals surface area contributed by atoms with Crippen molar-refractivity contribution < 1.29 is 5.11 Å². The lowest BCUT2D eigenvalue weighted by molar-refractivity contribution is 0.194. The fraction of sp³-hybridized carbons (Fsp3) is 0.455. The van der Waals surface area contributed by atoms with Crippen LogP contribution in [0.4, 0.5) is 0 Å². The Bertz CT molecular complexity index is 1130. The third-order valence-corrected chi connectivity index (χ3v) is 7.63. The van der Waals surface area contributed by atoms with Crippen LogP contribution in [0.3, 0.4) is 0 Å². The number of rotatable bonds is 9. The number of hydrogen-bond donors (Lipinski definition) is 2. The number of allylic oxidation sites excluding steroid dienone is 4. The Morgan fingerprint density at radius 3 is 2.27 bits per heavy atom. The van der Waals surface area contributed by atoms with Crippen LogP contribution in [-0.4, -0.2) is 54.4 Å². The average Bonchev–Trinajstić information content (AvgIpc) is 2.96. The Morgan fingerprint density at radius 2 is 1.68 bits per heavy atom. The van der Waals surface area contributed by atoms with Crippen molar-refractivity contribution >= 4 is 39.6 Å². The van der Waals surface area contributed by atoms with E-state index in [9.17, 15) is 5.11 Å². The molecule has 0 radical (unpaired) electrons. The number of aliphatic imine (C=N–C) groups is 2. The number of likely N-dealkylation sites (tertiary alicyclic amines) is 1. The molecule has 0 aromatic heterocycles. The molecule has 1 heterocycles. The molecule has 0 saturated carbocycles. The molecule has 220 valence electrons. The van der Waals surface area contributed by atoms with Gasteiger partial charge in [0.1, 0.15) is 5.75 Å². The Labute approximate surface area is 256 Å². The summed E-state index contributed by atoms with van der Waals surface area (Å²) in [6.45, 7) is 15.4. The quantitative estimate of drug-likeness (QED) is 0.215. The standard InChI is InChI=1S/C28H35BrN4OS.C3H8.C2H6/c1-20(17-26(24-10-6-7-11-27(24)34)32-21(2)25(29)18-30-3)31-23-13-15-33(16-14-23)19-22-9-5-8-12-28(22)35-4;1-3-2;1-2/h5-12,17-18,23,31,34H,13-16,19H2,1-4H3;3H2,1-2H3;1-2H3/b20-17+,25-21-,30-18?,32-26+;;. The molecular weight excluding hydrogens is 580 g/mol. The van der Waals surface area contributed by atoms with Crippen LogP contribution in [0.1, 0.15) is 71.9 Å². The number of phenolic OH excluding ortho intramolecular Hbond substituents is 1. The smallest absolute Gasteiger partial charge is 0.124 e. The van der Waals surface area contributed by atoms with Crippen molar-refractivity contribution in [2.75, 3.05) is 26.4 Å². The van der Waals surface area contributed by atoms with Gasteiger partial charge in [0.2, 0.25) is 0 Å². The van der Waals surface area contributed by atoms with Crippen molar-refractivity contribution in [2.24, 2.45) is 9.98 Å². The van der Waals surface area contributed by atoms with E-state index in [-0.39, 0.29) is 5.75 Å². The zero-order chi connectivity index (χ0) is 29.9. The summed E-state index contributed by atoms with van der Waals surface area (Å²) in [5, 5.41) is 14.2. The van der Waals surface area contributed by atoms with Gasteiger partial charge in [-0.05, 0) is 78.7 Å². The van der Waals surface area contributed by atoms with Crippen molar-refractivity contribution in [1.82, 2.24) is 10.2 Å². The van der Waals surface area contributed by atoms with Gasteiger partial charge in [-0.2, -0.15) is 0 Å². The van der Waals surface area contributed by atoms with E-state index in [0.29, 0.717) is 17.3 Å². The highest BCUT2D eigenvalue weighted by atomic mass is 79.9. The monoisotopic (exact) mass is 628 g/mol. The van der Waals surface area contributed by atoms with E-state index >= 15 is 0 Å². The second-order valence-electron chi connectivity index (χ2n) is 9.38. The van der Waals surface area contributed by atoms with Gasteiger partial charge in [-0.25, -0.2) is 0 Å². The summed E-state index contributed by atoms with van der Waals surface area (Å²) >= 11 is 5.34. The molecule has 0 spiro atoms. The molecule has 3 rings (SSSR count). The maximum absolute atomic E-state index is 10.5. The highest BCUT2D eigenvalue weighted by Crippen LogP contribution is 2.24. The van der Waals surface area contributed by atoms with E-state index in [1.807, 2.05) is 56.8 Å². The lowest BCUT2D eigenvalue weighted by atomic mass is 10.0. The van der Waals surface area contributed by atoms with Crippen LogP contribution in [0, 0.1) is 0 Å². The van der Waals surface area contributed by atoms with Crippen LogP contribution < -0.4 is 5.32 Å². The van der Waals surface area contributed by atoms with Crippen molar-refractivity contribution in [3.8, 4) is 5.75 Å². The van der Waals surface area contributed by atoms with Crippen LogP contribution in [0.5, 0.6) is 5.75 Å². The second kappa shape index (κ2) is 20.5. The number of aromatic hydroxyl groups is 1. The summed E-state index contributed by atoms with van der Waals surface area (Å²) < 4.78 is 0.808. The van der Waals surface area contributed by atoms with Crippen LogP contribution >= 0.6 is 27.7 Å². The predicted octanol–water partition coefficient (Wildman–Crippen LogP) is 8.83. The number of thioether (sulfide) groups is 1. The maximum Gasteiger partial charge on any atom is 0.124 e. The van der Waals surface area contributed by atoms with Gasteiger partial charge in [0, 0.05) is 55.1 Å². The molecule has 5 nitrogen and oxygen atoms in total. The SMILES string of the molecule is CC.CCC.CN=C/C(Br)=C(C)/N=C(\C=C(/C)NC1CCN(Cc2ccccc2SC)CC1)c1ccccc1O. The third-order valence-electron chi connectivity index (χ3n) is 6.02. The van der Waals surface area contributed by atoms with Gasteiger partial charge in [0.05, 0.1) is 15.9 Å². The molecule has 1 fully saturated rings. The van der Waals surface area contributed by atoms with Crippen molar-refractivity contribution in [1.29, 1.82) is 0 Å². The van der Waals surface area contributed by atoms with Crippen molar-refractivity contribution in [3.05, 3.63) is 81.6 Å². The van der Waals surface area contributed by atoms with Gasteiger partial charge in [-0.15, -0.1) is 11.8 Å². The minimum atomic E-state index is 0.210. The number of hydrogen-bond acceptors (Lipinski definition) is 6. The fourth-order valence-corrected chi connectivity index (χ4v) is 5.08. The summed E-state index contributed by atoms with van der Waals surface area (Å²) in [7, 11) is 1.73. The fourth-order valence-electron chi connectivity index (χ4n) is 4.18. The van der Waals surface area contributed by atoms with Gasteiger partial charge in [0.25, 0.3) is 0 Å². The zero-order valence-electron chi connectivity index (χ0n) is 25.7. The molecule has 40 heavy (non-hydrogen) atoms. The molecule has 0 bridgehead atoms. The molecule has 0 aliphatic carbocycles. The first-order chi connectivity index (χ1) is 19.3. The third kappa shape index (κ3) is 12.4. The lowest BCUT2D eigenvalue weighted by Gasteiger charge is -2.33. The first-order valence-corrected chi connectivity index (χ1v) is 16.3. The number of nitrogens with one attached hydrogen (secondary N) is 1. The predicted molar refractivity (Wildman–Crippen MR) is 181 cm³/mol. The average molecular weight is 630 g/mol. The van der Waals surface area contributed by atoms with Crippen molar-refractivity contribution in [3.63, 3.8) is 0 Å². The first kappa shape index (κ1) is 35.7. The maximum atomic E-state index is 10.5. The van der Waals surface area contributed by atoms with E-state index in [1.165, 1.54) is 16.9 Å². The number of piperidine rings is 1. The van der Waals surface area contributed by atoms with Gasteiger partial charge in [-0.1, -0.05) is 64.4 Å². The number of halogens is 1. The summed E-state index contributed by atoms with van der Waals surface area (Å²) in [6, 6.07) is 16.4. The highest BCUT2D eigenvalue weighted by molar-refractivity contribution is 9.12. The molecule has 2 aromatic carbocycles. The summed E-state index contributed by atoms with van der Waals surface area (Å²) in [4.78, 5) is 12.8. The van der Waals surface area contributed by atoms with Gasteiger partial charge in [-0.3, -0.25) is 14.9 Å². The molecule has 1 saturated heterocycles. The Morgan fingerprint density at radius 1 is 1.07 bits per heavy atom. The Kier molecular flexibility index (Phi) is 18.3. The van der Waals surface area contributed by atoms with E-state index in [2.05, 4.69) is 82.4 Å². The molecule has 7 heteroatoms. The molecular formula is C33H49BrN4OS. The zero-order valence-corrected chi connectivity index (χ0v) is 28.1. The topological polar surface area (TPSA) is 60.2 Å². The summed E-state index contributed by atoms with van der Waals surface area (Å²) in [5.41, 5.74) is 4.64. The largest absolute Gasteiger partial charge is 0.507 e. The van der Waals surface area contributed by atoms with E-state index in [1.54, 1.807) is 19.3 Å². The highest BCUT2D eigenvalue weighted by Gasteiger charge is 2.20. The number of nitrogens with zero attached hydrogens (tertiary/aromatic N) is 3. The number of para-hydroxylation sites is 1. The minimum absolute atomic E-state index is 0.210. The van der Waals surface area contributed by atoms with Crippen LogP contribution in [0.2, 0.25) is 0 Å².